The lowest BCUT2D eigenvalue weighted by atomic mass is 9.98. The molecule has 1 aliphatic rings. The fourth-order valence-electron chi connectivity index (χ4n) is 3.54. The number of amides is 1. The first-order valence-electron chi connectivity index (χ1n) is 8.30. The van der Waals surface area contributed by atoms with Gasteiger partial charge in [-0.2, -0.15) is 5.10 Å². The topological polar surface area (TPSA) is 59.8 Å². The summed E-state index contributed by atoms with van der Waals surface area (Å²) in [5, 5.41) is 11.8. The van der Waals surface area contributed by atoms with Crippen LogP contribution in [-0.2, 0) is 16.9 Å². The van der Waals surface area contributed by atoms with Crippen LogP contribution in [0.4, 0.5) is 0 Å². The summed E-state index contributed by atoms with van der Waals surface area (Å²) in [5.41, 5.74) is 1.71. The first-order valence-corrected chi connectivity index (χ1v) is 9.18. The number of fused-ring (bicyclic) bond motifs is 1. The predicted molar refractivity (Wildman–Crippen MR) is 94.9 cm³/mol. The van der Waals surface area contributed by atoms with Gasteiger partial charge < -0.3 is 5.32 Å². The highest BCUT2D eigenvalue weighted by molar-refractivity contribution is 7.09. The summed E-state index contributed by atoms with van der Waals surface area (Å²) in [4.78, 5) is 17.3. The van der Waals surface area contributed by atoms with Crippen LogP contribution >= 0.6 is 11.3 Å². The van der Waals surface area contributed by atoms with Crippen LogP contribution in [0.5, 0.6) is 0 Å². The maximum atomic E-state index is 12.7. The van der Waals surface area contributed by atoms with Gasteiger partial charge in [0.25, 0.3) is 0 Å². The maximum absolute atomic E-state index is 12.7. The number of aryl methyl sites for hydroxylation is 1. The van der Waals surface area contributed by atoms with Crippen LogP contribution in [0.2, 0.25) is 0 Å². The van der Waals surface area contributed by atoms with E-state index in [4.69, 9.17) is 0 Å². The Morgan fingerprint density at radius 2 is 2.12 bits per heavy atom. The molecule has 0 aliphatic heterocycles. The van der Waals surface area contributed by atoms with E-state index in [0.29, 0.717) is 0 Å². The van der Waals surface area contributed by atoms with E-state index in [1.165, 1.54) is 0 Å². The van der Waals surface area contributed by atoms with Crippen molar-refractivity contribution >= 4 is 28.1 Å². The molecule has 2 aromatic heterocycles. The number of hydrogen-bond acceptors (Lipinski definition) is 4. The van der Waals surface area contributed by atoms with Gasteiger partial charge in [0, 0.05) is 16.5 Å². The van der Waals surface area contributed by atoms with Crippen LogP contribution in [0.25, 0.3) is 10.9 Å². The van der Waals surface area contributed by atoms with E-state index in [9.17, 15) is 4.79 Å². The Morgan fingerprint density at radius 3 is 2.88 bits per heavy atom. The monoisotopic (exact) mass is 340 g/mol. The summed E-state index contributed by atoms with van der Waals surface area (Å²) < 4.78 is 1.76. The Labute approximate surface area is 144 Å². The molecule has 0 unspecified atom stereocenters. The number of para-hydroxylation sites is 1. The molecule has 1 saturated carbocycles. The van der Waals surface area contributed by atoms with Gasteiger partial charge in [0.2, 0.25) is 5.91 Å². The molecule has 124 valence electrons. The second-order valence-corrected chi connectivity index (χ2v) is 7.35. The van der Waals surface area contributed by atoms with Crippen molar-refractivity contribution in [2.75, 3.05) is 0 Å². The third-order valence-corrected chi connectivity index (χ3v) is 5.87. The minimum Gasteiger partial charge on any atom is -0.343 e. The Kier molecular flexibility index (Phi) is 3.84. The lowest BCUT2D eigenvalue weighted by molar-refractivity contribution is -0.123. The summed E-state index contributed by atoms with van der Waals surface area (Å²) in [6.45, 7) is 2.24. The highest BCUT2D eigenvalue weighted by Gasteiger charge is 2.39. The molecule has 1 amide bonds. The van der Waals surface area contributed by atoms with E-state index in [1.807, 2.05) is 31.2 Å². The smallest absolute Gasteiger partial charge is 0.242 e. The van der Waals surface area contributed by atoms with Crippen molar-refractivity contribution in [2.45, 2.75) is 44.7 Å². The van der Waals surface area contributed by atoms with Gasteiger partial charge in [-0.3, -0.25) is 9.48 Å². The Hall–Kier alpha value is -2.21. The number of benzene rings is 1. The summed E-state index contributed by atoms with van der Waals surface area (Å²) in [7, 11) is 0. The molecular formula is C18H20N4OS. The zero-order valence-electron chi connectivity index (χ0n) is 13.7. The molecule has 6 heteroatoms. The van der Waals surface area contributed by atoms with Crippen molar-refractivity contribution in [1.82, 2.24) is 20.1 Å². The highest BCUT2D eigenvalue weighted by atomic mass is 32.1. The van der Waals surface area contributed by atoms with Gasteiger partial charge in [-0.15, -0.1) is 11.3 Å². The molecule has 0 radical (unpaired) electrons. The lowest BCUT2D eigenvalue weighted by Gasteiger charge is -2.28. The average Bonchev–Trinajstić information content (AvgIpc) is 3.29. The van der Waals surface area contributed by atoms with Crippen LogP contribution in [0.15, 0.2) is 35.8 Å². The summed E-state index contributed by atoms with van der Waals surface area (Å²) >= 11 is 1.65. The van der Waals surface area contributed by atoms with Crippen molar-refractivity contribution in [2.24, 2.45) is 0 Å². The van der Waals surface area contributed by atoms with Gasteiger partial charge in [0.1, 0.15) is 11.6 Å². The zero-order valence-corrected chi connectivity index (χ0v) is 14.5. The fraction of sp³-hybridized carbons (Fsp3) is 0.389. The van der Waals surface area contributed by atoms with E-state index in [-0.39, 0.29) is 18.0 Å². The molecule has 0 spiro atoms. The van der Waals surface area contributed by atoms with Crippen LogP contribution < -0.4 is 5.32 Å². The lowest BCUT2D eigenvalue weighted by Crippen LogP contribution is -2.45. The van der Waals surface area contributed by atoms with Crippen LogP contribution in [0, 0.1) is 6.92 Å². The Morgan fingerprint density at radius 1 is 1.33 bits per heavy atom. The molecule has 5 nitrogen and oxygen atoms in total. The molecule has 3 aromatic rings. The first kappa shape index (κ1) is 15.3. The van der Waals surface area contributed by atoms with Gasteiger partial charge in [-0.05, 0) is 25.8 Å². The molecule has 2 heterocycles. The standard InChI is InChI=1S/C18H20N4OS/c1-13-12-24-17(20-13)18(8-4-5-9-18)21-16(23)11-22-15-7-3-2-6-14(15)10-19-22/h2-3,6-7,10,12H,4-5,8-9,11H2,1H3,(H,21,23). The van der Waals surface area contributed by atoms with Gasteiger partial charge in [0.05, 0.1) is 17.3 Å². The maximum Gasteiger partial charge on any atom is 0.242 e. The normalized spacial score (nSPS) is 16.5. The number of nitrogens with zero attached hydrogens (tertiary/aromatic N) is 3. The second-order valence-electron chi connectivity index (χ2n) is 6.49. The van der Waals surface area contributed by atoms with E-state index < -0.39 is 0 Å². The van der Waals surface area contributed by atoms with Gasteiger partial charge in [-0.25, -0.2) is 4.98 Å². The van der Waals surface area contributed by atoms with Gasteiger partial charge in [0.15, 0.2) is 0 Å². The third-order valence-electron chi connectivity index (χ3n) is 4.71. The summed E-state index contributed by atoms with van der Waals surface area (Å²) in [5.74, 6) is -0.00129. The molecule has 0 saturated heterocycles. The number of nitrogens with one attached hydrogen (secondary N) is 1. The van der Waals surface area contributed by atoms with Crippen molar-refractivity contribution < 1.29 is 4.79 Å². The zero-order chi connectivity index (χ0) is 16.6. The van der Waals surface area contributed by atoms with Crippen LogP contribution in [0.1, 0.15) is 36.4 Å². The molecule has 1 aromatic carbocycles. The molecule has 1 aliphatic carbocycles. The average molecular weight is 340 g/mol. The van der Waals surface area contributed by atoms with Gasteiger partial charge >= 0.3 is 0 Å². The number of hydrogen-bond donors (Lipinski definition) is 1. The van der Waals surface area contributed by atoms with Gasteiger partial charge in [-0.1, -0.05) is 31.0 Å². The minimum atomic E-state index is -0.293. The van der Waals surface area contributed by atoms with Crippen LogP contribution in [-0.4, -0.2) is 20.7 Å². The van der Waals surface area contributed by atoms with Crippen molar-refractivity contribution in [3.8, 4) is 0 Å². The minimum absolute atomic E-state index is 0.00129. The van der Waals surface area contributed by atoms with Crippen molar-refractivity contribution in [1.29, 1.82) is 0 Å². The van der Waals surface area contributed by atoms with E-state index in [1.54, 1.807) is 22.2 Å². The first-order chi connectivity index (χ1) is 11.7. The SMILES string of the molecule is Cc1csc(C2(NC(=O)Cn3ncc4ccccc43)CCCC2)n1. The third kappa shape index (κ3) is 2.71. The Balaban J connectivity index is 1.56. The number of aromatic nitrogens is 3. The van der Waals surface area contributed by atoms with E-state index in [2.05, 4.69) is 20.8 Å². The molecule has 0 bridgehead atoms. The summed E-state index contributed by atoms with van der Waals surface area (Å²) in [6.07, 6.45) is 5.99. The molecule has 1 N–H and O–H groups in total. The second kappa shape index (κ2) is 6.02. The fourth-order valence-corrected chi connectivity index (χ4v) is 4.55. The highest BCUT2D eigenvalue weighted by Crippen LogP contribution is 2.40. The Bertz CT molecular complexity index is 876. The number of rotatable bonds is 4. The molecule has 1 fully saturated rings. The summed E-state index contributed by atoms with van der Waals surface area (Å²) in [6, 6.07) is 7.95. The van der Waals surface area contributed by atoms with E-state index in [0.717, 1.165) is 47.3 Å². The molecular weight excluding hydrogens is 320 g/mol. The quantitative estimate of drug-likeness (QED) is 0.792. The van der Waals surface area contributed by atoms with E-state index >= 15 is 0 Å². The molecule has 4 rings (SSSR count). The van der Waals surface area contributed by atoms with Crippen molar-refractivity contribution in [3.63, 3.8) is 0 Å². The van der Waals surface area contributed by atoms with Crippen LogP contribution in [0.3, 0.4) is 0 Å². The number of carbonyl (C=O) groups excluding carboxylic acids is 1. The largest absolute Gasteiger partial charge is 0.343 e. The predicted octanol–water partition coefficient (Wildman–Crippen LogP) is 3.39. The number of thiazole rings is 1. The molecule has 24 heavy (non-hydrogen) atoms. The number of carbonyl (C=O) groups is 1. The van der Waals surface area contributed by atoms with Crippen molar-refractivity contribution in [3.05, 3.63) is 46.5 Å². The molecule has 0 atom stereocenters.